The van der Waals surface area contributed by atoms with Gasteiger partial charge in [0.2, 0.25) is 0 Å². The van der Waals surface area contributed by atoms with E-state index in [1.807, 2.05) is 18.2 Å². The first-order chi connectivity index (χ1) is 9.11. The van der Waals surface area contributed by atoms with Crippen LogP contribution < -0.4 is 4.74 Å². The van der Waals surface area contributed by atoms with Gasteiger partial charge in [0.15, 0.2) is 0 Å². The van der Waals surface area contributed by atoms with Gasteiger partial charge >= 0.3 is 0 Å². The minimum atomic E-state index is 0.331. The molecule has 0 fully saturated rings. The lowest BCUT2D eigenvalue weighted by molar-refractivity contribution is 0.361. The van der Waals surface area contributed by atoms with E-state index in [4.69, 9.17) is 27.9 Å². The van der Waals surface area contributed by atoms with Crippen LogP contribution in [0.25, 0.3) is 0 Å². The van der Waals surface area contributed by atoms with Crippen LogP contribution >= 0.6 is 35.0 Å². The van der Waals surface area contributed by atoms with Gasteiger partial charge in [-0.25, -0.2) is 0 Å². The highest BCUT2D eigenvalue weighted by Gasteiger charge is 1.94. The molecule has 1 rings (SSSR count). The molecule has 0 aliphatic heterocycles. The first-order valence-corrected chi connectivity index (χ1v) is 8.03. The molecule has 1 nitrogen and oxygen atoms in total. The van der Waals surface area contributed by atoms with Gasteiger partial charge < -0.3 is 4.74 Å². The van der Waals surface area contributed by atoms with Crippen LogP contribution in [0.3, 0.4) is 0 Å². The van der Waals surface area contributed by atoms with Gasteiger partial charge in [0.1, 0.15) is 16.8 Å². The molecule has 104 valence electrons. The van der Waals surface area contributed by atoms with Crippen molar-refractivity contribution in [2.75, 3.05) is 12.9 Å². The number of ether oxygens (including phenoxy) is 1. The fourth-order valence-corrected chi connectivity index (χ4v) is 2.09. The van der Waals surface area contributed by atoms with Crippen molar-refractivity contribution in [3.05, 3.63) is 46.5 Å². The Bertz CT molecular complexity index is 434. The van der Waals surface area contributed by atoms with Crippen molar-refractivity contribution in [3.8, 4) is 5.75 Å². The van der Waals surface area contributed by atoms with Gasteiger partial charge in [-0.1, -0.05) is 34.9 Å². The second kappa shape index (κ2) is 9.35. The second-order valence-corrected chi connectivity index (χ2v) is 5.96. The highest BCUT2D eigenvalue weighted by molar-refractivity contribution is 7.98. The number of thioether (sulfide) groups is 1. The third-order valence-corrected chi connectivity index (χ3v) is 3.63. The van der Waals surface area contributed by atoms with Crippen molar-refractivity contribution in [3.63, 3.8) is 0 Å². The SMILES string of the molecule is CSc1ccc(OCC=C(C)CCC=C(Cl)Cl)cc1. The molecule has 0 saturated heterocycles. The molecule has 1 aromatic rings. The Morgan fingerprint density at radius 2 is 1.89 bits per heavy atom. The molecular weight excluding hydrogens is 299 g/mol. The lowest BCUT2D eigenvalue weighted by Gasteiger charge is -2.05. The van der Waals surface area contributed by atoms with Gasteiger partial charge in [-0.15, -0.1) is 11.8 Å². The Morgan fingerprint density at radius 3 is 2.47 bits per heavy atom. The van der Waals surface area contributed by atoms with Gasteiger partial charge in [-0.05, 0) is 56.4 Å². The van der Waals surface area contributed by atoms with Crippen LogP contribution in [0.4, 0.5) is 0 Å². The lowest BCUT2D eigenvalue weighted by atomic mass is 10.1. The Morgan fingerprint density at radius 1 is 1.21 bits per heavy atom. The second-order valence-electron chi connectivity index (χ2n) is 4.07. The van der Waals surface area contributed by atoms with Gasteiger partial charge in [-0.3, -0.25) is 0 Å². The number of halogens is 2. The maximum absolute atomic E-state index is 5.65. The van der Waals surface area contributed by atoms with E-state index in [0.717, 1.165) is 18.6 Å². The minimum absolute atomic E-state index is 0.331. The summed E-state index contributed by atoms with van der Waals surface area (Å²) in [5, 5.41) is 0. The number of benzene rings is 1. The monoisotopic (exact) mass is 316 g/mol. The van der Waals surface area contributed by atoms with E-state index in [1.54, 1.807) is 11.8 Å². The zero-order valence-electron chi connectivity index (χ0n) is 11.2. The topological polar surface area (TPSA) is 9.23 Å². The molecule has 0 amide bonds. The first-order valence-electron chi connectivity index (χ1n) is 6.05. The van der Waals surface area contributed by atoms with Crippen LogP contribution in [0.1, 0.15) is 19.8 Å². The molecule has 0 aromatic heterocycles. The van der Waals surface area contributed by atoms with Crippen molar-refractivity contribution in [1.29, 1.82) is 0 Å². The molecule has 0 saturated carbocycles. The molecule has 4 heteroatoms. The standard InChI is InChI=1S/C15H18Cl2OS/c1-12(4-3-5-15(16)17)10-11-18-13-6-8-14(19-2)9-7-13/h5-10H,3-4,11H2,1-2H3. The first kappa shape index (κ1) is 16.5. The summed E-state index contributed by atoms with van der Waals surface area (Å²) >= 11 is 12.8. The fraction of sp³-hybridized carbons (Fsp3) is 0.333. The minimum Gasteiger partial charge on any atom is -0.490 e. The van der Waals surface area contributed by atoms with E-state index < -0.39 is 0 Å². The molecule has 0 atom stereocenters. The molecule has 1 aromatic carbocycles. The van der Waals surface area contributed by atoms with Gasteiger partial charge in [0.05, 0.1) is 0 Å². The summed E-state index contributed by atoms with van der Waals surface area (Å²) in [6.07, 6.45) is 7.75. The Labute approximate surface area is 129 Å². The number of allylic oxidation sites excluding steroid dienone is 2. The van der Waals surface area contributed by atoms with Gasteiger partial charge in [0, 0.05) is 4.90 Å². The normalized spacial score (nSPS) is 11.3. The van der Waals surface area contributed by atoms with E-state index in [9.17, 15) is 0 Å². The number of rotatable bonds is 7. The molecule has 0 aliphatic rings. The van der Waals surface area contributed by atoms with Crippen molar-refractivity contribution >= 4 is 35.0 Å². The molecule has 0 radical (unpaired) electrons. The highest BCUT2D eigenvalue weighted by Crippen LogP contribution is 2.19. The quantitative estimate of drug-likeness (QED) is 0.462. The average Bonchev–Trinajstić information content (AvgIpc) is 2.39. The fourth-order valence-electron chi connectivity index (χ4n) is 1.46. The Hall–Kier alpha value is -0.570. The van der Waals surface area contributed by atoms with E-state index in [0.29, 0.717) is 11.1 Å². The van der Waals surface area contributed by atoms with Crippen LogP contribution in [0.2, 0.25) is 0 Å². The van der Waals surface area contributed by atoms with Crippen LogP contribution in [-0.4, -0.2) is 12.9 Å². The third-order valence-electron chi connectivity index (χ3n) is 2.58. The lowest BCUT2D eigenvalue weighted by Crippen LogP contribution is -1.94. The van der Waals surface area contributed by atoms with E-state index in [-0.39, 0.29) is 0 Å². The summed E-state index contributed by atoms with van der Waals surface area (Å²) in [5.74, 6) is 0.894. The summed E-state index contributed by atoms with van der Waals surface area (Å²) in [6.45, 7) is 2.67. The summed E-state index contributed by atoms with van der Waals surface area (Å²) in [7, 11) is 0. The summed E-state index contributed by atoms with van der Waals surface area (Å²) < 4.78 is 5.98. The molecule has 19 heavy (non-hydrogen) atoms. The van der Waals surface area contributed by atoms with Crippen molar-refractivity contribution in [1.82, 2.24) is 0 Å². The summed E-state index contributed by atoms with van der Waals surface area (Å²) in [4.78, 5) is 1.24. The molecular formula is C15H18Cl2OS. The van der Waals surface area contributed by atoms with E-state index in [2.05, 4.69) is 31.4 Å². The summed E-state index contributed by atoms with van der Waals surface area (Å²) in [6, 6.07) is 8.10. The van der Waals surface area contributed by atoms with Crippen LogP contribution in [0.15, 0.2) is 51.4 Å². The molecule has 0 N–H and O–H groups in total. The van der Waals surface area contributed by atoms with Crippen LogP contribution in [0.5, 0.6) is 5.75 Å². The van der Waals surface area contributed by atoms with Crippen LogP contribution in [-0.2, 0) is 0 Å². The highest BCUT2D eigenvalue weighted by atomic mass is 35.5. The molecule has 0 spiro atoms. The van der Waals surface area contributed by atoms with Gasteiger partial charge in [0.25, 0.3) is 0 Å². The van der Waals surface area contributed by atoms with Crippen LogP contribution in [0, 0.1) is 0 Å². The van der Waals surface area contributed by atoms with E-state index in [1.165, 1.54) is 10.5 Å². The zero-order valence-corrected chi connectivity index (χ0v) is 13.5. The van der Waals surface area contributed by atoms with E-state index >= 15 is 0 Å². The van der Waals surface area contributed by atoms with Crippen molar-refractivity contribution in [2.24, 2.45) is 0 Å². The molecule has 0 aliphatic carbocycles. The number of hydrogen-bond donors (Lipinski definition) is 0. The average molecular weight is 317 g/mol. The predicted molar refractivity (Wildman–Crippen MR) is 86.5 cm³/mol. The molecule has 0 heterocycles. The molecule has 0 bridgehead atoms. The Balaban J connectivity index is 2.33. The van der Waals surface area contributed by atoms with Crippen molar-refractivity contribution in [2.45, 2.75) is 24.7 Å². The number of hydrogen-bond acceptors (Lipinski definition) is 2. The summed E-state index contributed by atoms with van der Waals surface area (Å²) in [5.41, 5.74) is 1.27. The maximum Gasteiger partial charge on any atom is 0.119 e. The Kier molecular flexibility index (Phi) is 8.11. The zero-order chi connectivity index (χ0) is 14.1. The smallest absolute Gasteiger partial charge is 0.119 e. The third kappa shape index (κ3) is 7.56. The maximum atomic E-state index is 5.65. The predicted octanol–water partition coefficient (Wildman–Crippen LogP) is 5.83. The largest absolute Gasteiger partial charge is 0.490 e. The van der Waals surface area contributed by atoms with Crippen molar-refractivity contribution < 1.29 is 4.74 Å². The van der Waals surface area contributed by atoms with Gasteiger partial charge in [-0.2, -0.15) is 0 Å². The molecule has 0 unspecified atom stereocenters.